The van der Waals surface area contributed by atoms with Crippen molar-refractivity contribution in [2.45, 2.75) is 63.1 Å². The summed E-state index contributed by atoms with van der Waals surface area (Å²) in [5.41, 5.74) is 6.67. The SMILES string of the molecule is CCCCCSc1nc(NC2CC3CCC2C3)c2sc(N)nc2n1. The van der Waals surface area contributed by atoms with Crippen LogP contribution in [0.25, 0.3) is 10.3 Å². The Morgan fingerprint density at radius 3 is 2.88 bits per heavy atom. The fraction of sp³-hybridized carbons (Fsp3) is 0.706. The molecule has 2 aliphatic carbocycles. The van der Waals surface area contributed by atoms with Crippen molar-refractivity contribution in [3.8, 4) is 0 Å². The summed E-state index contributed by atoms with van der Waals surface area (Å²) in [5, 5.41) is 5.12. The number of hydrogen-bond acceptors (Lipinski definition) is 7. The molecule has 2 aromatic heterocycles. The van der Waals surface area contributed by atoms with Gasteiger partial charge < -0.3 is 11.1 Å². The lowest BCUT2D eigenvalue weighted by atomic mass is 9.95. The molecule has 0 saturated heterocycles. The summed E-state index contributed by atoms with van der Waals surface area (Å²) in [6.07, 6.45) is 9.14. The Kier molecular flexibility index (Phi) is 4.81. The van der Waals surface area contributed by atoms with Gasteiger partial charge in [-0.3, -0.25) is 0 Å². The minimum absolute atomic E-state index is 0.558. The molecule has 0 radical (unpaired) electrons. The highest BCUT2D eigenvalue weighted by molar-refractivity contribution is 7.99. The van der Waals surface area contributed by atoms with E-state index in [1.54, 1.807) is 11.8 Å². The molecule has 2 fully saturated rings. The Hall–Kier alpha value is -1.08. The van der Waals surface area contributed by atoms with E-state index in [9.17, 15) is 0 Å². The van der Waals surface area contributed by atoms with Crippen molar-refractivity contribution >= 4 is 44.4 Å². The van der Waals surface area contributed by atoms with E-state index in [1.807, 2.05) is 0 Å². The monoisotopic (exact) mass is 363 g/mol. The molecular formula is C17H25N5S2. The molecule has 3 atom stereocenters. The summed E-state index contributed by atoms with van der Waals surface area (Å²) in [7, 11) is 0. The van der Waals surface area contributed by atoms with Crippen molar-refractivity contribution in [3.05, 3.63) is 0 Å². The highest BCUT2D eigenvalue weighted by Gasteiger charge is 2.39. The first-order valence-electron chi connectivity index (χ1n) is 9.06. The van der Waals surface area contributed by atoms with E-state index in [0.29, 0.717) is 11.2 Å². The topological polar surface area (TPSA) is 76.7 Å². The minimum Gasteiger partial charge on any atom is -0.375 e. The third-order valence-corrected chi connectivity index (χ3v) is 7.10. The van der Waals surface area contributed by atoms with Gasteiger partial charge in [0.25, 0.3) is 0 Å². The van der Waals surface area contributed by atoms with Crippen molar-refractivity contribution in [2.24, 2.45) is 11.8 Å². The average Bonchev–Trinajstić information content (AvgIpc) is 3.26. The van der Waals surface area contributed by atoms with Gasteiger partial charge >= 0.3 is 0 Å². The quantitative estimate of drug-likeness (QED) is 0.427. The number of nitrogen functional groups attached to an aromatic ring is 1. The second-order valence-electron chi connectivity index (χ2n) is 7.04. The van der Waals surface area contributed by atoms with E-state index in [0.717, 1.165) is 38.9 Å². The molecule has 0 spiro atoms. The molecule has 5 nitrogen and oxygen atoms in total. The van der Waals surface area contributed by atoms with Crippen LogP contribution in [0, 0.1) is 11.8 Å². The Labute approximate surface area is 151 Å². The first-order valence-corrected chi connectivity index (χ1v) is 10.9. The summed E-state index contributed by atoms with van der Waals surface area (Å²) < 4.78 is 1.01. The van der Waals surface area contributed by atoms with Crippen molar-refractivity contribution in [2.75, 3.05) is 16.8 Å². The Bertz CT molecular complexity index is 716. The summed E-state index contributed by atoms with van der Waals surface area (Å²) in [5.74, 6) is 3.74. The van der Waals surface area contributed by atoms with E-state index in [-0.39, 0.29) is 0 Å². The lowest BCUT2D eigenvalue weighted by Crippen LogP contribution is -2.26. The molecule has 2 bridgehead atoms. The molecule has 130 valence electrons. The van der Waals surface area contributed by atoms with E-state index in [1.165, 1.54) is 56.3 Å². The molecule has 2 saturated carbocycles. The van der Waals surface area contributed by atoms with Crippen LogP contribution in [0.1, 0.15) is 51.9 Å². The maximum Gasteiger partial charge on any atom is 0.191 e. The largest absolute Gasteiger partial charge is 0.375 e. The molecule has 2 aromatic rings. The van der Waals surface area contributed by atoms with Crippen molar-refractivity contribution < 1.29 is 0 Å². The normalized spacial score (nSPS) is 25.6. The number of thiazole rings is 1. The van der Waals surface area contributed by atoms with Gasteiger partial charge in [-0.15, -0.1) is 0 Å². The minimum atomic E-state index is 0.558. The predicted octanol–water partition coefficient (Wildman–Crippen LogP) is 4.55. The molecular weight excluding hydrogens is 338 g/mol. The van der Waals surface area contributed by atoms with Gasteiger partial charge in [-0.1, -0.05) is 49.3 Å². The zero-order valence-electron chi connectivity index (χ0n) is 14.1. The summed E-state index contributed by atoms with van der Waals surface area (Å²) in [4.78, 5) is 13.8. The Morgan fingerprint density at radius 2 is 2.12 bits per heavy atom. The van der Waals surface area contributed by atoms with Crippen LogP contribution in [-0.2, 0) is 0 Å². The molecule has 0 aliphatic heterocycles. The van der Waals surface area contributed by atoms with Gasteiger partial charge in [0.1, 0.15) is 4.70 Å². The van der Waals surface area contributed by atoms with Gasteiger partial charge in [0.15, 0.2) is 21.8 Å². The fourth-order valence-corrected chi connectivity index (χ4v) is 5.66. The molecule has 24 heavy (non-hydrogen) atoms. The zero-order valence-corrected chi connectivity index (χ0v) is 15.8. The van der Waals surface area contributed by atoms with Gasteiger partial charge in [0.05, 0.1) is 0 Å². The van der Waals surface area contributed by atoms with E-state index >= 15 is 0 Å². The third-order valence-electron chi connectivity index (χ3n) is 5.29. The van der Waals surface area contributed by atoms with Crippen LogP contribution in [-0.4, -0.2) is 26.7 Å². The van der Waals surface area contributed by atoms with E-state index in [2.05, 4.69) is 22.2 Å². The van der Waals surface area contributed by atoms with Crippen molar-refractivity contribution in [1.82, 2.24) is 15.0 Å². The lowest BCUT2D eigenvalue weighted by Gasteiger charge is -2.23. The zero-order chi connectivity index (χ0) is 16.5. The highest BCUT2D eigenvalue weighted by Crippen LogP contribution is 2.46. The highest BCUT2D eigenvalue weighted by atomic mass is 32.2. The lowest BCUT2D eigenvalue weighted by molar-refractivity contribution is 0.439. The molecule has 4 rings (SSSR count). The standard InChI is InChI=1S/C17H25N5S2/c1-2-3-4-7-23-17-21-14(13-15(22-17)20-16(18)24-13)19-12-9-10-5-6-11(12)8-10/h10-12H,2-9H2,1H3,(H3,18,19,20,21,22). The predicted molar refractivity (Wildman–Crippen MR) is 103 cm³/mol. The second-order valence-corrected chi connectivity index (χ2v) is 9.13. The van der Waals surface area contributed by atoms with Gasteiger partial charge in [-0.05, 0) is 37.5 Å². The number of nitrogens with two attached hydrogens (primary N) is 1. The van der Waals surface area contributed by atoms with Gasteiger partial charge in [-0.2, -0.15) is 0 Å². The summed E-state index contributed by atoms with van der Waals surface area (Å²) in [6.45, 7) is 2.22. The average molecular weight is 364 g/mol. The van der Waals surface area contributed by atoms with Gasteiger partial charge in [0.2, 0.25) is 0 Å². The first-order chi connectivity index (χ1) is 11.7. The van der Waals surface area contributed by atoms with E-state index in [4.69, 9.17) is 10.7 Å². The number of anilines is 2. The molecule has 2 heterocycles. The molecule has 2 aliphatic rings. The Morgan fingerprint density at radius 1 is 1.21 bits per heavy atom. The van der Waals surface area contributed by atoms with Crippen molar-refractivity contribution in [1.29, 1.82) is 0 Å². The van der Waals surface area contributed by atoms with Gasteiger partial charge in [-0.25, -0.2) is 15.0 Å². The van der Waals surface area contributed by atoms with Crippen LogP contribution in [0.3, 0.4) is 0 Å². The number of nitrogens with one attached hydrogen (secondary N) is 1. The summed E-state index contributed by atoms with van der Waals surface area (Å²) >= 11 is 3.23. The van der Waals surface area contributed by atoms with Crippen LogP contribution < -0.4 is 11.1 Å². The number of hydrogen-bond donors (Lipinski definition) is 2. The second kappa shape index (κ2) is 7.04. The molecule has 3 unspecified atom stereocenters. The smallest absolute Gasteiger partial charge is 0.191 e. The first kappa shape index (κ1) is 16.4. The molecule has 7 heteroatoms. The van der Waals surface area contributed by atoms with Crippen LogP contribution >= 0.6 is 23.1 Å². The van der Waals surface area contributed by atoms with Crippen LogP contribution in [0.5, 0.6) is 0 Å². The maximum absolute atomic E-state index is 5.92. The number of nitrogens with zero attached hydrogens (tertiary/aromatic N) is 3. The van der Waals surface area contributed by atoms with Crippen molar-refractivity contribution in [3.63, 3.8) is 0 Å². The summed E-state index contributed by atoms with van der Waals surface area (Å²) in [6, 6.07) is 0.558. The Balaban J connectivity index is 1.55. The third kappa shape index (κ3) is 3.33. The van der Waals surface area contributed by atoms with Crippen LogP contribution in [0.4, 0.5) is 10.9 Å². The number of unbranched alkanes of at least 4 members (excludes halogenated alkanes) is 2. The van der Waals surface area contributed by atoms with Crippen LogP contribution in [0.15, 0.2) is 5.16 Å². The number of rotatable bonds is 7. The molecule has 0 amide bonds. The fourth-order valence-electron chi connectivity index (χ4n) is 4.10. The van der Waals surface area contributed by atoms with Gasteiger partial charge in [0, 0.05) is 11.8 Å². The number of aromatic nitrogens is 3. The maximum atomic E-state index is 5.92. The number of thioether (sulfide) groups is 1. The number of fused-ring (bicyclic) bond motifs is 3. The molecule has 3 N–H and O–H groups in total. The molecule has 0 aromatic carbocycles. The van der Waals surface area contributed by atoms with E-state index < -0.39 is 0 Å². The van der Waals surface area contributed by atoms with Crippen LogP contribution in [0.2, 0.25) is 0 Å².